The van der Waals surface area contributed by atoms with Crippen LogP contribution in [0.5, 0.6) is 0 Å². The second-order valence-electron chi connectivity index (χ2n) is 6.54. The molecule has 0 atom stereocenters. The zero-order valence-electron chi connectivity index (χ0n) is 13.8. The van der Waals surface area contributed by atoms with Gasteiger partial charge in [-0.15, -0.1) is 11.3 Å². The van der Waals surface area contributed by atoms with Gasteiger partial charge in [0.05, 0.1) is 11.3 Å². The summed E-state index contributed by atoms with van der Waals surface area (Å²) in [6.45, 7) is 6.32. The largest absolute Gasteiger partial charge is 0.456 e. The van der Waals surface area contributed by atoms with Crippen LogP contribution in [0.3, 0.4) is 0 Å². The van der Waals surface area contributed by atoms with E-state index in [1.165, 1.54) is 21.8 Å². The molecule has 0 saturated heterocycles. The molecule has 0 aliphatic rings. The van der Waals surface area contributed by atoms with Gasteiger partial charge in [-0.2, -0.15) is 0 Å². The molecule has 124 valence electrons. The molecule has 0 amide bonds. The number of esters is 1. The Kier molecular flexibility index (Phi) is 4.24. The summed E-state index contributed by atoms with van der Waals surface area (Å²) in [5.74, 6) is -0.427. The highest BCUT2D eigenvalue weighted by atomic mass is 32.1. The maximum absolute atomic E-state index is 12.1. The van der Waals surface area contributed by atoms with Gasteiger partial charge in [-0.05, 0) is 23.1 Å². The van der Waals surface area contributed by atoms with Crippen LogP contribution in [0, 0.1) is 0 Å². The van der Waals surface area contributed by atoms with Gasteiger partial charge < -0.3 is 4.74 Å². The van der Waals surface area contributed by atoms with Crippen molar-refractivity contribution in [1.82, 2.24) is 9.38 Å². The zero-order valence-corrected chi connectivity index (χ0v) is 14.6. The van der Waals surface area contributed by atoms with Crippen molar-refractivity contribution in [3.63, 3.8) is 0 Å². The molecule has 6 heteroatoms. The SMILES string of the molecule is CC(C)(C)c1ccc(C(=O)OCc2cc(=O)n3ccsc3n2)cc1. The van der Waals surface area contributed by atoms with Crippen LogP contribution in [0.4, 0.5) is 0 Å². The number of fused-ring (bicyclic) bond motifs is 1. The molecule has 0 saturated carbocycles. The molecule has 1 aromatic carbocycles. The quantitative estimate of drug-likeness (QED) is 0.684. The van der Waals surface area contributed by atoms with Crippen molar-refractivity contribution in [3.8, 4) is 0 Å². The number of nitrogens with zero attached hydrogens (tertiary/aromatic N) is 2. The maximum atomic E-state index is 12.1. The summed E-state index contributed by atoms with van der Waals surface area (Å²) >= 11 is 1.36. The summed E-state index contributed by atoms with van der Waals surface area (Å²) in [5, 5.41) is 1.79. The molecule has 5 nitrogen and oxygen atoms in total. The normalized spacial score (nSPS) is 11.6. The first-order chi connectivity index (χ1) is 11.3. The number of hydrogen-bond donors (Lipinski definition) is 0. The van der Waals surface area contributed by atoms with Crippen molar-refractivity contribution < 1.29 is 9.53 Å². The number of carbonyl (C=O) groups excluding carboxylic acids is 1. The third-order valence-corrected chi connectivity index (χ3v) is 4.45. The summed E-state index contributed by atoms with van der Waals surface area (Å²) in [6.07, 6.45) is 1.67. The van der Waals surface area contributed by atoms with Gasteiger partial charge in [-0.25, -0.2) is 9.78 Å². The van der Waals surface area contributed by atoms with E-state index < -0.39 is 5.97 Å². The average Bonchev–Trinajstić information content (AvgIpc) is 3.01. The van der Waals surface area contributed by atoms with E-state index in [1.54, 1.807) is 23.7 Å². The van der Waals surface area contributed by atoms with E-state index in [2.05, 4.69) is 25.8 Å². The Balaban J connectivity index is 1.71. The number of rotatable bonds is 3. The molecular weight excluding hydrogens is 324 g/mol. The van der Waals surface area contributed by atoms with E-state index in [9.17, 15) is 9.59 Å². The standard InChI is InChI=1S/C18H18N2O3S/c1-18(2,3)13-6-4-12(5-7-13)16(22)23-11-14-10-15(21)20-8-9-24-17(20)19-14/h4-10H,11H2,1-3H3. The van der Waals surface area contributed by atoms with Gasteiger partial charge in [0.1, 0.15) is 6.61 Å². The molecule has 0 radical (unpaired) electrons. The Morgan fingerprint density at radius 1 is 1.25 bits per heavy atom. The monoisotopic (exact) mass is 342 g/mol. The van der Waals surface area contributed by atoms with Crippen LogP contribution in [0.1, 0.15) is 42.4 Å². The molecule has 3 aromatic rings. The van der Waals surface area contributed by atoms with E-state index in [0.717, 1.165) is 5.56 Å². The lowest BCUT2D eigenvalue weighted by Crippen LogP contribution is -2.15. The predicted octanol–water partition coefficient (Wildman–Crippen LogP) is 3.41. The number of aromatic nitrogens is 2. The molecule has 0 aliphatic heterocycles. The Hall–Kier alpha value is -2.47. The smallest absolute Gasteiger partial charge is 0.338 e. The van der Waals surface area contributed by atoms with Crippen molar-refractivity contribution in [2.75, 3.05) is 0 Å². The molecule has 0 aliphatic carbocycles. The van der Waals surface area contributed by atoms with Gasteiger partial charge in [0.2, 0.25) is 0 Å². The minimum absolute atomic E-state index is 0.0243. The molecule has 0 bridgehead atoms. The summed E-state index contributed by atoms with van der Waals surface area (Å²) in [4.78, 5) is 28.9. The fourth-order valence-electron chi connectivity index (χ4n) is 2.29. The van der Waals surface area contributed by atoms with Gasteiger partial charge in [0.15, 0.2) is 4.96 Å². The Bertz CT molecular complexity index is 933. The number of thiazole rings is 1. The second kappa shape index (κ2) is 6.20. The highest BCUT2D eigenvalue weighted by molar-refractivity contribution is 7.15. The molecule has 2 aromatic heterocycles. The number of hydrogen-bond acceptors (Lipinski definition) is 5. The highest BCUT2D eigenvalue weighted by Crippen LogP contribution is 2.22. The van der Waals surface area contributed by atoms with Crippen LogP contribution in [0.15, 0.2) is 46.7 Å². The van der Waals surface area contributed by atoms with Crippen molar-refractivity contribution in [2.24, 2.45) is 0 Å². The molecule has 0 fully saturated rings. The highest BCUT2D eigenvalue weighted by Gasteiger charge is 2.15. The van der Waals surface area contributed by atoms with E-state index in [4.69, 9.17) is 4.74 Å². The van der Waals surface area contributed by atoms with Crippen LogP contribution in [-0.4, -0.2) is 15.4 Å². The summed E-state index contributed by atoms with van der Waals surface area (Å²) < 4.78 is 6.73. The second-order valence-corrected chi connectivity index (χ2v) is 7.42. The lowest BCUT2D eigenvalue weighted by molar-refractivity contribution is 0.0467. The van der Waals surface area contributed by atoms with Gasteiger partial charge in [0, 0.05) is 17.6 Å². The Labute approximate surface area is 143 Å². The predicted molar refractivity (Wildman–Crippen MR) is 93.6 cm³/mol. The molecular formula is C18H18N2O3S. The van der Waals surface area contributed by atoms with Crippen LogP contribution in [0.2, 0.25) is 0 Å². The third kappa shape index (κ3) is 3.38. The average molecular weight is 342 g/mol. The summed E-state index contributed by atoms with van der Waals surface area (Å²) in [5.41, 5.74) is 1.93. The summed E-state index contributed by atoms with van der Waals surface area (Å²) in [7, 11) is 0. The summed E-state index contributed by atoms with van der Waals surface area (Å²) in [6, 6.07) is 8.76. The number of benzene rings is 1. The third-order valence-electron chi connectivity index (χ3n) is 3.69. The van der Waals surface area contributed by atoms with Gasteiger partial charge in [-0.1, -0.05) is 32.9 Å². The van der Waals surface area contributed by atoms with E-state index in [-0.39, 0.29) is 17.6 Å². The van der Waals surface area contributed by atoms with Crippen LogP contribution in [-0.2, 0) is 16.8 Å². The molecule has 2 heterocycles. The molecule has 0 N–H and O–H groups in total. The van der Waals surface area contributed by atoms with Crippen molar-refractivity contribution in [1.29, 1.82) is 0 Å². The first kappa shape index (κ1) is 16.4. The topological polar surface area (TPSA) is 60.7 Å². The Morgan fingerprint density at radius 3 is 2.62 bits per heavy atom. The van der Waals surface area contributed by atoms with Crippen LogP contribution >= 0.6 is 11.3 Å². The van der Waals surface area contributed by atoms with Gasteiger partial charge in [-0.3, -0.25) is 9.20 Å². The van der Waals surface area contributed by atoms with E-state index in [1.807, 2.05) is 12.1 Å². The van der Waals surface area contributed by atoms with E-state index >= 15 is 0 Å². The van der Waals surface area contributed by atoms with E-state index in [0.29, 0.717) is 16.2 Å². The first-order valence-electron chi connectivity index (χ1n) is 7.58. The van der Waals surface area contributed by atoms with Gasteiger partial charge >= 0.3 is 5.97 Å². The van der Waals surface area contributed by atoms with Crippen molar-refractivity contribution in [3.05, 3.63) is 69.1 Å². The van der Waals surface area contributed by atoms with Crippen molar-refractivity contribution in [2.45, 2.75) is 32.8 Å². The lowest BCUT2D eigenvalue weighted by Gasteiger charge is -2.18. The molecule has 3 rings (SSSR count). The van der Waals surface area contributed by atoms with Gasteiger partial charge in [0.25, 0.3) is 5.56 Å². The number of ether oxygens (including phenoxy) is 1. The zero-order chi connectivity index (χ0) is 17.3. The van der Waals surface area contributed by atoms with Crippen molar-refractivity contribution >= 4 is 22.3 Å². The lowest BCUT2D eigenvalue weighted by atomic mass is 9.87. The van der Waals surface area contributed by atoms with Crippen LogP contribution in [0.25, 0.3) is 4.96 Å². The molecule has 0 spiro atoms. The maximum Gasteiger partial charge on any atom is 0.338 e. The fraction of sp³-hybridized carbons (Fsp3) is 0.278. The number of carbonyl (C=O) groups is 1. The minimum Gasteiger partial charge on any atom is -0.456 e. The Morgan fingerprint density at radius 2 is 1.96 bits per heavy atom. The fourth-order valence-corrected chi connectivity index (χ4v) is 3.03. The minimum atomic E-state index is -0.427. The molecule has 0 unspecified atom stereocenters. The molecule has 24 heavy (non-hydrogen) atoms. The first-order valence-corrected chi connectivity index (χ1v) is 8.46. The van der Waals surface area contributed by atoms with Crippen LogP contribution < -0.4 is 5.56 Å².